The third kappa shape index (κ3) is 5.10. The zero-order valence-electron chi connectivity index (χ0n) is 13.5. The molecule has 0 aliphatic heterocycles. The Balaban J connectivity index is 2.05. The summed E-state index contributed by atoms with van der Waals surface area (Å²) in [6.45, 7) is 1.62. The predicted molar refractivity (Wildman–Crippen MR) is 87.7 cm³/mol. The number of anilines is 1. The lowest BCUT2D eigenvalue weighted by molar-refractivity contribution is 0.171. The molecule has 2 rings (SSSR count). The molecule has 0 aliphatic rings. The third-order valence-electron chi connectivity index (χ3n) is 3.54. The summed E-state index contributed by atoms with van der Waals surface area (Å²) in [5.74, 6) is -0.379. The standard InChI is InChI=1S/C17H22FN3O2/c1-20-9-4-8-16(20)13-21(10-5-11-23-2)17(22)19-15-7-3-6-14(18)12-15/h3-4,6-9,12H,5,10-11,13H2,1-2H3,(H,19,22). The summed E-state index contributed by atoms with van der Waals surface area (Å²) in [5.41, 5.74) is 1.47. The van der Waals surface area contributed by atoms with E-state index in [0.29, 0.717) is 25.4 Å². The minimum absolute atomic E-state index is 0.257. The number of rotatable bonds is 7. The van der Waals surface area contributed by atoms with Crippen LogP contribution in [-0.4, -0.2) is 35.8 Å². The van der Waals surface area contributed by atoms with Gasteiger partial charge in [0.1, 0.15) is 5.82 Å². The second kappa shape index (κ2) is 8.33. The molecule has 5 nitrogen and oxygen atoms in total. The van der Waals surface area contributed by atoms with Gasteiger partial charge >= 0.3 is 6.03 Å². The lowest BCUT2D eigenvalue weighted by atomic mass is 10.3. The van der Waals surface area contributed by atoms with Crippen molar-refractivity contribution in [3.8, 4) is 0 Å². The van der Waals surface area contributed by atoms with E-state index in [1.165, 1.54) is 12.1 Å². The van der Waals surface area contributed by atoms with Gasteiger partial charge in [0.15, 0.2) is 0 Å². The Morgan fingerprint density at radius 2 is 2.17 bits per heavy atom. The van der Waals surface area contributed by atoms with Crippen molar-refractivity contribution in [1.82, 2.24) is 9.47 Å². The fraction of sp³-hybridized carbons (Fsp3) is 0.353. The molecule has 124 valence electrons. The molecule has 1 heterocycles. The van der Waals surface area contributed by atoms with Crippen molar-refractivity contribution >= 4 is 11.7 Å². The summed E-state index contributed by atoms with van der Waals surface area (Å²) in [5, 5.41) is 2.74. The van der Waals surface area contributed by atoms with Crippen LogP contribution in [0.5, 0.6) is 0 Å². The van der Waals surface area contributed by atoms with Crippen LogP contribution < -0.4 is 5.32 Å². The summed E-state index contributed by atoms with van der Waals surface area (Å²) in [6.07, 6.45) is 2.67. The minimum Gasteiger partial charge on any atom is -0.385 e. The van der Waals surface area contributed by atoms with E-state index in [9.17, 15) is 9.18 Å². The van der Waals surface area contributed by atoms with E-state index < -0.39 is 0 Å². The van der Waals surface area contributed by atoms with Crippen molar-refractivity contribution in [3.63, 3.8) is 0 Å². The molecule has 0 saturated carbocycles. The Morgan fingerprint density at radius 1 is 1.35 bits per heavy atom. The van der Waals surface area contributed by atoms with Crippen molar-refractivity contribution in [2.45, 2.75) is 13.0 Å². The highest BCUT2D eigenvalue weighted by Gasteiger charge is 2.15. The van der Waals surface area contributed by atoms with E-state index >= 15 is 0 Å². The van der Waals surface area contributed by atoms with Crippen LogP contribution in [0, 0.1) is 5.82 Å². The maximum absolute atomic E-state index is 13.2. The number of ether oxygens (including phenoxy) is 1. The van der Waals surface area contributed by atoms with Crippen molar-refractivity contribution in [3.05, 3.63) is 54.1 Å². The predicted octanol–water partition coefficient (Wildman–Crippen LogP) is 3.23. The Bertz CT molecular complexity index is 642. The maximum atomic E-state index is 13.2. The molecule has 0 fully saturated rings. The molecule has 0 radical (unpaired) electrons. The van der Waals surface area contributed by atoms with Gasteiger partial charge in [0.25, 0.3) is 0 Å². The summed E-state index contributed by atoms with van der Waals surface area (Å²) < 4.78 is 20.3. The van der Waals surface area contributed by atoms with Gasteiger partial charge < -0.3 is 19.5 Å². The molecule has 1 N–H and O–H groups in total. The van der Waals surface area contributed by atoms with Gasteiger partial charge in [0.05, 0.1) is 6.54 Å². The van der Waals surface area contributed by atoms with E-state index in [-0.39, 0.29) is 11.8 Å². The van der Waals surface area contributed by atoms with Crippen molar-refractivity contribution in [2.75, 3.05) is 25.6 Å². The number of hydrogen-bond donors (Lipinski definition) is 1. The topological polar surface area (TPSA) is 46.5 Å². The highest BCUT2D eigenvalue weighted by molar-refractivity contribution is 5.89. The van der Waals surface area contributed by atoms with E-state index in [4.69, 9.17) is 4.74 Å². The first-order valence-corrected chi connectivity index (χ1v) is 7.51. The Morgan fingerprint density at radius 3 is 2.83 bits per heavy atom. The molecular formula is C17H22FN3O2. The lowest BCUT2D eigenvalue weighted by Gasteiger charge is -2.23. The van der Waals surface area contributed by atoms with E-state index in [1.54, 1.807) is 24.1 Å². The average Bonchev–Trinajstić information content (AvgIpc) is 2.91. The quantitative estimate of drug-likeness (QED) is 0.797. The molecule has 6 heteroatoms. The number of aryl methyl sites for hydroxylation is 1. The fourth-order valence-electron chi connectivity index (χ4n) is 2.28. The number of methoxy groups -OCH3 is 1. The number of nitrogens with one attached hydrogen (secondary N) is 1. The van der Waals surface area contributed by atoms with Gasteiger partial charge in [0.2, 0.25) is 0 Å². The summed E-state index contributed by atoms with van der Waals surface area (Å²) in [4.78, 5) is 14.2. The molecular weight excluding hydrogens is 297 g/mol. The minimum atomic E-state index is -0.379. The number of aromatic nitrogens is 1. The Labute approximate surface area is 135 Å². The van der Waals surface area contributed by atoms with E-state index in [0.717, 1.165) is 12.1 Å². The van der Waals surface area contributed by atoms with Crippen LogP contribution in [0.3, 0.4) is 0 Å². The van der Waals surface area contributed by atoms with Gasteiger partial charge in [-0.05, 0) is 36.8 Å². The number of urea groups is 1. The first kappa shape index (κ1) is 17.0. The zero-order chi connectivity index (χ0) is 16.7. The maximum Gasteiger partial charge on any atom is 0.322 e. The number of amides is 2. The van der Waals surface area contributed by atoms with Crippen LogP contribution in [0.2, 0.25) is 0 Å². The number of carbonyl (C=O) groups excluding carboxylic acids is 1. The van der Waals surface area contributed by atoms with Crippen molar-refractivity contribution in [2.24, 2.45) is 7.05 Å². The van der Waals surface area contributed by atoms with Crippen LogP contribution in [0.15, 0.2) is 42.6 Å². The van der Waals surface area contributed by atoms with Crippen LogP contribution in [0.1, 0.15) is 12.1 Å². The van der Waals surface area contributed by atoms with Crippen molar-refractivity contribution < 1.29 is 13.9 Å². The number of halogens is 1. The Kier molecular flexibility index (Phi) is 6.17. The second-order valence-corrected chi connectivity index (χ2v) is 5.32. The van der Waals surface area contributed by atoms with E-state index in [1.807, 2.05) is 29.9 Å². The molecule has 0 unspecified atom stereocenters. The molecule has 2 aromatic rings. The second-order valence-electron chi connectivity index (χ2n) is 5.32. The average molecular weight is 319 g/mol. The summed E-state index contributed by atoms with van der Waals surface area (Å²) in [6, 6.07) is 9.53. The fourth-order valence-corrected chi connectivity index (χ4v) is 2.28. The number of hydrogen-bond acceptors (Lipinski definition) is 2. The number of carbonyl (C=O) groups is 1. The highest BCUT2D eigenvalue weighted by Crippen LogP contribution is 2.12. The molecule has 1 aromatic heterocycles. The third-order valence-corrected chi connectivity index (χ3v) is 3.54. The number of nitrogens with zero attached hydrogens (tertiary/aromatic N) is 2. The lowest BCUT2D eigenvalue weighted by Crippen LogP contribution is -2.36. The molecule has 23 heavy (non-hydrogen) atoms. The Hall–Kier alpha value is -2.34. The van der Waals surface area contributed by atoms with Gasteiger partial charge in [0, 0.05) is 44.9 Å². The van der Waals surface area contributed by atoms with Gasteiger partial charge in [-0.2, -0.15) is 0 Å². The molecule has 0 spiro atoms. The molecule has 0 aliphatic carbocycles. The largest absolute Gasteiger partial charge is 0.385 e. The van der Waals surface area contributed by atoms with Gasteiger partial charge in [-0.1, -0.05) is 6.07 Å². The first-order chi connectivity index (χ1) is 11.1. The van der Waals surface area contributed by atoms with Crippen LogP contribution in [0.4, 0.5) is 14.9 Å². The van der Waals surface area contributed by atoms with E-state index in [2.05, 4.69) is 5.32 Å². The van der Waals surface area contributed by atoms with Crippen molar-refractivity contribution in [1.29, 1.82) is 0 Å². The molecule has 1 aromatic carbocycles. The molecule has 0 saturated heterocycles. The van der Waals surface area contributed by atoms with Gasteiger partial charge in [-0.3, -0.25) is 0 Å². The summed E-state index contributed by atoms with van der Waals surface area (Å²) >= 11 is 0. The normalized spacial score (nSPS) is 10.6. The molecule has 0 bridgehead atoms. The molecule has 2 amide bonds. The van der Waals surface area contributed by atoms with Crippen LogP contribution in [-0.2, 0) is 18.3 Å². The molecule has 0 atom stereocenters. The SMILES string of the molecule is COCCCN(Cc1cccn1C)C(=O)Nc1cccc(F)c1. The van der Waals surface area contributed by atoms with Gasteiger partial charge in [-0.25, -0.2) is 9.18 Å². The monoisotopic (exact) mass is 319 g/mol. The highest BCUT2D eigenvalue weighted by atomic mass is 19.1. The van der Waals surface area contributed by atoms with Gasteiger partial charge in [-0.15, -0.1) is 0 Å². The first-order valence-electron chi connectivity index (χ1n) is 7.51. The zero-order valence-corrected chi connectivity index (χ0v) is 13.5. The van der Waals surface area contributed by atoms with Crippen LogP contribution in [0.25, 0.3) is 0 Å². The van der Waals surface area contributed by atoms with Crippen LogP contribution >= 0.6 is 0 Å². The summed E-state index contributed by atoms with van der Waals surface area (Å²) in [7, 11) is 3.57. The smallest absolute Gasteiger partial charge is 0.322 e. The number of benzene rings is 1.